The van der Waals surface area contributed by atoms with E-state index in [1.807, 2.05) is 78.9 Å². The Labute approximate surface area is 290 Å². The molecule has 2 fully saturated rings. The van der Waals surface area contributed by atoms with Crippen molar-refractivity contribution in [2.75, 3.05) is 6.54 Å². The number of tetrazole rings is 1. The molecule has 3 aromatic rings. The van der Waals surface area contributed by atoms with Crippen LogP contribution in [0.15, 0.2) is 66.7 Å². The topological polar surface area (TPSA) is 169 Å². The Hall–Kier alpha value is -5.33. The van der Waals surface area contributed by atoms with Crippen LogP contribution in [0.5, 0.6) is 0 Å². The maximum absolute atomic E-state index is 14.2. The van der Waals surface area contributed by atoms with Gasteiger partial charge in [0.15, 0.2) is 0 Å². The second kappa shape index (κ2) is 14.3. The van der Waals surface area contributed by atoms with Gasteiger partial charge in [-0.1, -0.05) is 79.3 Å². The van der Waals surface area contributed by atoms with Gasteiger partial charge in [-0.3, -0.25) is 9.59 Å². The SMILES string of the molecule is CC(C)(C)OC(=O)N[C@H]1CCCCC=C[C@@H]2C[C@@]2(C(=O)O)NC(=O)[C@@H]2C[C@@H](n3nnc(-c4cccc(C=Cc5ccccc5)c4)n3)CN2C1=O. The molecule has 1 saturated carbocycles. The van der Waals surface area contributed by atoms with Crippen LogP contribution in [0.3, 0.4) is 0 Å². The summed E-state index contributed by atoms with van der Waals surface area (Å²) < 4.78 is 5.46. The van der Waals surface area contributed by atoms with Crippen molar-refractivity contribution < 1.29 is 29.0 Å². The summed E-state index contributed by atoms with van der Waals surface area (Å²) in [5, 5.41) is 28.9. The van der Waals surface area contributed by atoms with E-state index in [4.69, 9.17) is 4.74 Å². The minimum Gasteiger partial charge on any atom is -0.479 e. The molecule has 0 unspecified atom stereocenters. The quantitative estimate of drug-likeness (QED) is 0.248. The Morgan fingerprint density at radius 3 is 2.58 bits per heavy atom. The highest BCUT2D eigenvalue weighted by atomic mass is 16.6. The van der Waals surface area contributed by atoms with E-state index in [1.54, 1.807) is 20.8 Å². The first-order chi connectivity index (χ1) is 23.9. The zero-order valence-corrected chi connectivity index (χ0v) is 28.5. The fourth-order valence-electron chi connectivity index (χ4n) is 6.55. The second-order valence-corrected chi connectivity index (χ2v) is 14.2. The van der Waals surface area contributed by atoms with E-state index in [0.717, 1.165) is 23.1 Å². The fourth-order valence-corrected chi connectivity index (χ4v) is 6.55. The number of nitrogens with one attached hydrogen (secondary N) is 2. The molecule has 50 heavy (non-hydrogen) atoms. The van der Waals surface area contributed by atoms with Crippen LogP contribution in [-0.4, -0.2) is 83.9 Å². The molecule has 13 nitrogen and oxygen atoms in total. The molecule has 6 rings (SSSR count). The first kappa shape index (κ1) is 34.5. The third-order valence-corrected chi connectivity index (χ3v) is 9.25. The first-order valence-corrected chi connectivity index (χ1v) is 17.1. The predicted molar refractivity (Wildman–Crippen MR) is 185 cm³/mol. The normalized spacial score (nSPS) is 25.7. The molecule has 13 heteroatoms. The zero-order chi connectivity index (χ0) is 35.5. The lowest BCUT2D eigenvalue weighted by Crippen LogP contribution is -2.56. The lowest BCUT2D eigenvalue weighted by molar-refractivity contribution is -0.145. The smallest absolute Gasteiger partial charge is 0.408 e. The molecule has 3 heterocycles. The summed E-state index contributed by atoms with van der Waals surface area (Å²) in [6.45, 7) is 5.27. The number of carbonyl (C=O) groups is 4. The van der Waals surface area contributed by atoms with Crippen molar-refractivity contribution in [2.45, 2.75) is 88.6 Å². The summed E-state index contributed by atoms with van der Waals surface area (Å²) in [5.74, 6) is -2.11. The number of hydrogen-bond donors (Lipinski definition) is 3. The van der Waals surface area contributed by atoms with Gasteiger partial charge >= 0.3 is 12.1 Å². The van der Waals surface area contributed by atoms with E-state index < -0.39 is 53.1 Å². The molecular formula is C37H43N7O6. The highest BCUT2D eigenvalue weighted by Crippen LogP contribution is 2.45. The van der Waals surface area contributed by atoms with Gasteiger partial charge in [0.2, 0.25) is 17.6 Å². The minimum absolute atomic E-state index is 0.0580. The molecule has 1 saturated heterocycles. The lowest BCUT2D eigenvalue weighted by atomic mass is 10.0. The number of fused-ring (bicyclic) bond motifs is 2. The van der Waals surface area contributed by atoms with E-state index in [2.05, 4.69) is 26.0 Å². The van der Waals surface area contributed by atoms with Gasteiger partial charge in [0.1, 0.15) is 23.2 Å². The summed E-state index contributed by atoms with van der Waals surface area (Å²) >= 11 is 0. The number of aromatic nitrogens is 4. The monoisotopic (exact) mass is 681 g/mol. The Kier molecular flexibility index (Phi) is 9.85. The minimum atomic E-state index is -1.43. The fraction of sp³-hybridized carbons (Fsp3) is 0.432. The summed E-state index contributed by atoms with van der Waals surface area (Å²) in [7, 11) is 0. The van der Waals surface area contributed by atoms with Crippen LogP contribution in [-0.2, 0) is 19.1 Å². The molecule has 0 spiro atoms. The van der Waals surface area contributed by atoms with Crippen molar-refractivity contribution in [1.29, 1.82) is 0 Å². The number of carboxylic acids is 1. The highest BCUT2D eigenvalue weighted by molar-refractivity contribution is 5.96. The van der Waals surface area contributed by atoms with Crippen molar-refractivity contribution in [1.82, 2.24) is 35.7 Å². The zero-order valence-electron chi connectivity index (χ0n) is 28.5. The van der Waals surface area contributed by atoms with Crippen LogP contribution < -0.4 is 10.6 Å². The molecule has 1 aromatic heterocycles. The molecular weight excluding hydrogens is 638 g/mol. The number of hydrogen-bond acceptors (Lipinski definition) is 8. The van der Waals surface area contributed by atoms with Crippen LogP contribution in [0.2, 0.25) is 0 Å². The molecule has 0 radical (unpaired) electrons. The number of benzene rings is 2. The average Bonchev–Trinajstić information content (AvgIpc) is 3.38. The largest absolute Gasteiger partial charge is 0.479 e. The van der Waals surface area contributed by atoms with Crippen LogP contribution in [0, 0.1) is 5.92 Å². The molecule has 0 bridgehead atoms. The van der Waals surface area contributed by atoms with Crippen LogP contribution in [0.25, 0.3) is 23.5 Å². The molecule has 2 aliphatic heterocycles. The first-order valence-electron chi connectivity index (χ1n) is 17.1. The number of alkyl carbamates (subject to hydrolysis) is 1. The van der Waals surface area contributed by atoms with Crippen molar-refractivity contribution in [3.8, 4) is 11.4 Å². The highest BCUT2D eigenvalue weighted by Gasteiger charge is 2.61. The van der Waals surface area contributed by atoms with Crippen LogP contribution in [0.1, 0.15) is 76.5 Å². The van der Waals surface area contributed by atoms with Gasteiger partial charge in [0.05, 0.1) is 6.04 Å². The number of aliphatic carboxylic acids is 1. The third-order valence-electron chi connectivity index (χ3n) is 9.25. The number of ether oxygens (including phenoxy) is 1. The van der Waals surface area contributed by atoms with Gasteiger partial charge < -0.3 is 25.4 Å². The Bertz CT molecular complexity index is 1800. The molecule has 262 valence electrons. The maximum atomic E-state index is 14.2. The van der Waals surface area contributed by atoms with E-state index in [1.165, 1.54) is 9.70 Å². The van der Waals surface area contributed by atoms with Crippen molar-refractivity contribution in [3.63, 3.8) is 0 Å². The molecule has 3 aliphatic rings. The van der Waals surface area contributed by atoms with Crippen molar-refractivity contribution in [3.05, 3.63) is 77.9 Å². The number of nitrogens with zero attached hydrogens (tertiary/aromatic N) is 5. The number of amides is 3. The summed E-state index contributed by atoms with van der Waals surface area (Å²) in [6.07, 6.45) is 9.82. The Balaban J connectivity index is 1.26. The Morgan fingerprint density at radius 2 is 1.82 bits per heavy atom. The van der Waals surface area contributed by atoms with E-state index in [0.29, 0.717) is 25.1 Å². The van der Waals surface area contributed by atoms with E-state index in [-0.39, 0.29) is 25.3 Å². The number of carbonyl (C=O) groups excluding carboxylic acids is 3. The number of carboxylic acid groups (broad SMARTS) is 1. The van der Waals surface area contributed by atoms with Crippen molar-refractivity contribution in [2.24, 2.45) is 5.92 Å². The van der Waals surface area contributed by atoms with Gasteiger partial charge in [0.25, 0.3) is 0 Å². The van der Waals surface area contributed by atoms with E-state index >= 15 is 0 Å². The van der Waals surface area contributed by atoms with Crippen LogP contribution >= 0.6 is 0 Å². The van der Waals surface area contributed by atoms with Gasteiger partial charge in [-0.15, -0.1) is 10.2 Å². The van der Waals surface area contributed by atoms with Gasteiger partial charge in [-0.25, -0.2) is 9.59 Å². The van der Waals surface area contributed by atoms with Crippen molar-refractivity contribution >= 4 is 36.0 Å². The molecule has 1 aliphatic carbocycles. The number of rotatable bonds is 6. The number of allylic oxidation sites excluding steroid dienone is 1. The molecule has 2 aromatic carbocycles. The van der Waals surface area contributed by atoms with Gasteiger partial charge in [0, 0.05) is 24.4 Å². The Morgan fingerprint density at radius 1 is 1.06 bits per heavy atom. The second-order valence-electron chi connectivity index (χ2n) is 14.2. The van der Waals surface area contributed by atoms with Gasteiger partial charge in [-0.2, -0.15) is 4.80 Å². The maximum Gasteiger partial charge on any atom is 0.408 e. The van der Waals surface area contributed by atoms with E-state index in [9.17, 15) is 24.3 Å². The average molecular weight is 682 g/mol. The van der Waals surface area contributed by atoms with Crippen LogP contribution in [0.4, 0.5) is 4.79 Å². The third kappa shape index (κ3) is 7.93. The predicted octanol–water partition coefficient (Wildman–Crippen LogP) is 4.64. The molecule has 3 N–H and O–H groups in total. The molecule has 3 amide bonds. The summed E-state index contributed by atoms with van der Waals surface area (Å²) in [6, 6.07) is 15.2. The summed E-state index contributed by atoms with van der Waals surface area (Å²) in [4.78, 5) is 56.2. The standard InChI is InChI=1S/C37H43N7O6/c1-36(2,3)50-35(49)38-29-17-10-5-4-9-16-27-22-37(27,34(47)48)39-32(45)30-21-28(23-43(30)33(29)46)44-41-31(40-42-44)26-15-11-14-25(20-26)19-18-24-12-7-6-8-13-24/h6-9,11-16,18-20,27-30H,4-5,10,17,21-23H2,1-3H3,(H,38,49)(H,39,45)(H,47,48)/t27-,28-,29+,30+,37-/m1/s1. The summed E-state index contributed by atoms with van der Waals surface area (Å²) in [5.41, 5.74) is 0.554. The molecule has 5 atom stereocenters. The van der Waals surface area contributed by atoms with Gasteiger partial charge in [-0.05, 0) is 68.9 Å². The lowest BCUT2D eigenvalue weighted by Gasteiger charge is -2.30.